The highest BCUT2D eigenvalue weighted by atomic mass is 79.9. The first-order valence-electron chi connectivity index (χ1n) is 4.84. The van der Waals surface area contributed by atoms with Crippen molar-refractivity contribution in [3.8, 4) is 0 Å². The Morgan fingerprint density at radius 3 is 2.88 bits per heavy atom. The minimum Gasteiger partial charge on any atom is -0.438 e. The maximum Gasteiger partial charge on any atom is 0.293 e. The standard InChI is InChI=1S/C11H10BrN3O2/c1-6-10(17-5-14-6)11(16)15-7-2-3-9(13)8(12)4-7/h2-5H,13H2,1H3,(H,15,16). The topological polar surface area (TPSA) is 81.2 Å². The van der Waals surface area contributed by atoms with Crippen molar-refractivity contribution in [1.82, 2.24) is 4.98 Å². The van der Waals surface area contributed by atoms with Gasteiger partial charge in [0.25, 0.3) is 5.91 Å². The van der Waals surface area contributed by atoms with Crippen LogP contribution in [-0.4, -0.2) is 10.9 Å². The summed E-state index contributed by atoms with van der Waals surface area (Å²) in [5, 5.41) is 2.69. The smallest absolute Gasteiger partial charge is 0.293 e. The minimum atomic E-state index is -0.336. The highest BCUT2D eigenvalue weighted by Gasteiger charge is 2.14. The van der Waals surface area contributed by atoms with Crippen LogP contribution in [0.5, 0.6) is 0 Å². The van der Waals surface area contributed by atoms with E-state index in [9.17, 15) is 4.79 Å². The number of nitrogens with two attached hydrogens (primary N) is 1. The third-order valence-corrected chi connectivity index (χ3v) is 2.90. The Balaban J connectivity index is 2.19. The van der Waals surface area contributed by atoms with Crippen molar-refractivity contribution < 1.29 is 9.21 Å². The van der Waals surface area contributed by atoms with Gasteiger partial charge in [-0.1, -0.05) is 0 Å². The van der Waals surface area contributed by atoms with E-state index in [2.05, 4.69) is 26.2 Å². The summed E-state index contributed by atoms with van der Waals surface area (Å²) in [4.78, 5) is 15.7. The molecule has 0 fully saturated rings. The van der Waals surface area contributed by atoms with Gasteiger partial charge in [0.2, 0.25) is 5.76 Å². The quantitative estimate of drug-likeness (QED) is 0.835. The number of hydrogen-bond acceptors (Lipinski definition) is 4. The molecule has 0 spiro atoms. The summed E-state index contributed by atoms with van der Waals surface area (Å²) in [7, 11) is 0. The summed E-state index contributed by atoms with van der Waals surface area (Å²) in [6.45, 7) is 1.71. The zero-order chi connectivity index (χ0) is 12.4. The van der Waals surface area contributed by atoms with Gasteiger partial charge in [0.05, 0.1) is 5.69 Å². The lowest BCUT2D eigenvalue weighted by Crippen LogP contribution is -2.12. The largest absolute Gasteiger partial charge is 0.438 e. The highest BCUT2D eigenvalue weighted by molar-refractivity contribution is 9.10. The van der Waals surface area contributed by atoms with E-state index < -0.39 is 0 Å². The first-order valence-corrected chi connectivity index (χ1v) is 5.63. The van der Waals surface area contributed by atoms with E-state index in [0.717, 1.165) is 4.47 Å². The molecule has 1 amide bonds. The van der Waals surface area contributed by atoms with Crippen LogP contribution in [0.2, 0.25) is 0 Å². The molecule has 2 aromatic rings. The van der Waals surface area contributed by atoms with Crippen molar-refractivity contribution in [2.45, 2.75) is 6.92 Å². The number of anilines is 2. The molecule has 0 aliphatic heterocycles. The predicted molar refractivity (Wildman–Crippen MR) is 67.7 cm³/mol. The molecule has 0 saturated heterocycles. The average molecular weight is 296 g/mol. The summed E-state index contributed by atoms with van der Waals surface area (Å²) in [6.07, 6.45) is 1.24. The van der Waals surface area contributed by atoms with E-state index in [1.54, 1.807) is 25.1 Å². The van der Waals surface area contributed by atoms with Crippen LogP contribution >= 0.6 is 15.9 Å². The Bertz CT molecular complexity index is 566. The number of halogens is 1. The van der Waals surface area contributed by atoms with Gasteiger partial charge >= 0.3 is 0 Å². The van der Waals surface area contributed by atoms with Crippen LogP contribution in [0, 0.1) is 6.92 Å². The van der Waals surface area contributed by atoms with E-state index in [-0.39, 0.29) is 11.7 Å². The first-order chi connectivity index (χ1) is 8.08. The summed E-state index contributed by atoms with van der Waals surface area (Å²) in [5.41, 5.74) is 7.44. The molecule has 0 aliphatic carbocycles. The molecule has 0 atom stereocenters. The van der Waals surface area contributed by atoms with Gasteiger partial charge in [-0.25, -0.2) is 4.98 Å². The summed E-state index contributed by atoms with van der Waals surface area (Å²) >= 11 is 3.29. The lowest BCUT2D eigenvalue weighted by Gasteiger charge is -2.05. The molecule has 5 nitrogen and oxygen atoms in total. The molecule has 88 valence electrons. The van der Waals surface area contributed by atoms with E-state index in [1.807, 2.05) is 0 Å². The Kier molecular flexibility index (Phi) is 3.14. The summed E-state index contributed by atoms with van der Waals surface area (Å²) in [5.74, 6) is -0.130. The molecule has 0 radical (unpaired) electrons. The van der Waals surface area contributed by atoms with E-state index in [0.29, 0.717) is 17.1 Å². The van der Waals surface area contributed by atoms with Gasteiger partial charge in [-0.15, -0.1) is 0 Å². The first kappa shape index (κ1) is 11.7. The van der Waals surface area contributed by atoms with E-state index in [4.69, 9.17) is 10.2 Å². The monoisotopic (exact) mass is 295 g/mol. The SMILES string of the molecule is Cc1ncoc1C(=O)Nc1ccc(N)c(Br)c1. The van der Waals surface area contributed by atoms with Crippen LogP contribution in [0.3, 0.4) is 0 Å². The molecule has 3 N–H and O–H groups in total. The van der Waals surface area contributed by atoms with Crippen molar-refractivity contribution in [3.05, 3.63) is 40.5 Å². The molecule has 0 bridgehead atoms. The van der Waals surface area contributed by atoms with Gasteiger partial charge in [0.1, 0.15) is 0 Å². The molecule has 1 aromatic heterocycles. The second-order valence-corrected chi connectivity index (χ2v) is 4.31. The number of aryl methyl sites for hydroxylation is 1. The third-order valence-electron chi connectivity index (χ3n) is 2.21. The second kappa shape index (κ2) is 4.58. The fraction of sp³-hybridized carbons (Fsp3) is 0.0909. The van der Waals surface area contributed by atoms with Gasteiger partial charge in [-0.2, -0.15) is 0 Å². The predicted octanol–water partition coefficient (Wildman–Crippen LogP) is 2.58. The van der Waals surface area contributed by atoms with Gasteiger partial charge in [-0.3, -0.25) is 4.79 Å². The normalized spacial score (nSPS) is 10.2. The number of rotatable bonds is 2. The van der Waals surface area contributed by atoms with E-state index in [1.165, 1.54) is 6.39 Å². The van der Waals surface area contributed by atoms with Gasteiger partial charge in [0.15, 0.2) is 6.39 Å². The molecule has 1 aromatic carbocycles. The second-order valence-electron chi connectivity index (χ2n) is 3.46. The van der Waals surface area contributed by atoms with Crippen LogP contribution in [0.15, 0.2) is 33.5 Å². The van der Waals surface area contributed by atoms with Crippen LogP contribution < -0.4 is 11.1 Å². The molecule has 6 heteroatoms. The number of aromatic nitrogens is 1. The molecule has 0 aliphatic rings. The minimum absolute atomic E-state index is 0.206. The maximum atomic E-state index is 11.8. The number of nitrogens with zero attached hydrogens (tertiary/aromatic N) is 1. The number of nitrogens with one attached hydrogen (secondary N) is 1. The molecular formula is C11H10BrN3O2. The molecule has 1 heterocycles. The van der Waals surface area contributed by atoms with Crippen molar-refractivity contribution in [2.75, 3.05) is 11.1 Å². The number of carbonyl (C=O) groups excluding carboxylic acids is 1. The third kappa shape index (κ3) is 2.47. The zero-order valence-corrected chi connectivity index (χ0v) is 10.6. The average Bonchev–Trinajstić information content (AvgIpc) is 2.70. The van der Waals surface area contributed by atoms with E-state index >= 15 is 0 Å². The Morgan fingerprint density at radius 1 is 1.53 bits per heavy atom. The fourth-order valence-electron chi connectivity index (χ4n) is 1.31. The van der Waals surface area contributed by atoms with Crippen LogP contribution in [0.4, 0.5) is 11.4 Å². The van der Waals surface area contributed by atoms with Crippen molar-refractivity contribution in [3.63, 3.8) is 0 Å². The number of oxazole rings is 1. The maximum absolute atomic E-state index is 11.8. The lowest BCUT2D eigenvalue weighted by molar-refractivity contribution is 0.0996. The number of nitrogen functional groups attached to an aromatic ring is 1. The van der Waals surface area contributed by atoms with Gasteiger partial charge in [0, 0.05) is 15.8 Å². The van der Waals surface area contributed by atoms with Crippen LogP contribution in [0.1, 0.15) is 16.2 Å². The van der Waals surface area contributed by atoms with Gasteiger partial charge in [-0.05, 0) is 41.1 Å². The Morgan fingerprint density at radius 2 is 2.29 bits per heavy atom. The lowest BCUT2D eigenvalue weighted by atomic mass is 10.2. The van der Waals surface area contributed by atoms with Crippen molar-refractivity contribution in [1.29, 1.82) is 0 Å². The number of benzene rings is 1. The fourth-order valence-corrected chi connectivity index (χ4v) is 1.69. The molecular weight excluding hydrogens is 286 g/mol. The summed E-state index contributed by atoms with van der Waals surface area (Å²) in [6, 6.07) is 5.13. The Labute approximate surface area is 106 Å². The van der Waals surface area contributed by atoms with Gasteiger partial charge < -0.3 is 15.5 Å². The molecule has 17 heavy (non-hydrogen) atoms. The number of amides is 1. The molecule has 2 rings (SSSR count). The zero-order valence-electron chi connectivity index (χ0n) is 9.03. The highest BCUT2D eigenvalue weighted by Crippen LogP contribution is 2.23. The number of carbonyl (C=O) groups is 1. The summed E-state index contributed by atoms with van der Waals surface area (Å²) < 4.78 is 5.72. The van der Waals surface area contributed by atoms with Crippen molar-refractivity contribution in [2.24, 2.45) is 0 Å². The van der Waals surface area contributed by atoms with Crippen LogP contribution in [0.25, 0.3) is 0 Å². The van der Waals surface area contributed by atoms with Crippen molar-refractivity contribution >= 4 is 33.2 Å². The molecule has 0 unspecified atom stereocenters. The Hall–Kier alpha value is -1.82. The van der Waals surface area contributed by atoms with Crippen LogP contribution in [-0.2, 0) is 0 Å². The number of hydrogen-bond donors (Lipinski definition) is 2. The molecule has 0 saturated carbocycles.